The van der Waals surface area contributed by atoms with Crippen molar-refractivity contribution in [2.45, 2.75) is 32.9 Å². The Balaban J connectivity index is 2.66. The Hall–Kier alpha value is -0.710. The SMILES string of the molecule is COc1c(C)cc(CNC(CCO)CSC)cc1C. The van der Waals surface area contributed by atoms with Gasteiger partial charge in [-0.2, -0.15) is 11.8 Å². The molecule has 0 aliphatic carbocycles. The Labute approximate surface area is 120 Å². The maximum atomic E-state index is 9.05. The predicted molar refractivity (Wildman–Crippen MR) is 83.2 cm³/mol. The zero-order valence-corrected chi connectivity index (χ0v) is 13.1. The minimum atomic E-state index is 0.235. The van der Waals surface area contributed by atoms with Gasteiger partial charge in [-0.3, -0.25) is 0 Å². The minimum absolute atomic E-state index is 0.235. The highest BCUT2D eigenvalue weighted by Gasteiger charge is 2.09. The van der Waals surface area contributed by atoms with E-state index in [1.54, 1.807) is 18.9 Å². The molecule has 0 saturated carbocycles. The molecule has 0 fully saturated rings. The summed E-state index contributed by atoms with van der Waals surface area (Å²) in [6, 6.07) is 4.68. The standard InChI is InChI=1S/C15H25NO2S/c1-11-7-13(8-12(2)15(11)18-3)9-16-14(5-6-17)10-19-4/h7-8,14,16-17H,5-6,9-10H2,1-4H3. The third-order valence-corrected chi connectivity index (χ3v) is 3.90. The molecule has 3 nitrogen and oxygen atoms in total. The lowest BCUT2D eigenvalue weighted by Crippen LogP contribution is -2.31. The van der Waals surface area contributed by atoms with Gasteiger partial charge in [0.2, 0.25) is 0 Å². The van der Waals surface area contributed by atoms with E-state index in [1.807, 2.05) is 0 Å². The Kier molecular flexibility index (Phi) is 7.28. The van der Waals surface area contributed by atoms with E-state index < -0.39 is 0 Å². The average molecular weight is 283 g/mol. The number of hydrogen-bond acceptors (Lipinski definition) is 4. The molecule has 1 rings (SSSR count). The summed E-state index contributed by atoms with van der Waals surface area (Å²) in [5.41, 5.74) is 3.60. The quantitative estimate of drug-likeness (QED) is 0.769. The maximum Gasteiger partial charge on any atom is 0.124 e. The number of aryl methyl sites for hydroxylation is 2. The van der Waals surface area contributed by atoms with Crippen molar-refractivity contribution >= 4 is 11.8 Å². The molecule has 0 amide bonds. The van der Waals surface area contributed by atoms with Crippen molar-refractivity contribution in [1.29, 1.82) is 0 Å². The van der Waals surface area contributed by atoms with Crippen LogP contribution in [0.5, 0.6) is 5.75 Å². The Morgan fingerprint density at radius 1 is 1.32 bits per heavy atom. The number of hydrogen-bond donors (Lipinski definition) is 2. The smallest absolute Gasteiger partial charge is 0.124 e. The number of aliphatic hydroxyl groups excluding tert-OH is 1. The largest absolute Gasteiger partial charge is 0.496 e. The lowest BCUT2D eigenvalue weighted by molar-refractivity contribution is 0.269. The van der Waals surface area contributed by atoms with Crippen LogP contribution in [0.1, 0.15) is 23.1 Å². The number of benzene rings is 1. The fraction of sp³-hybridized carbons (Fsp3) is 0.600. The summed E-state index contributed by atoms with van der Waals surface area (Å²) in [7, 11) is 1.71. The lowest BCUT2D eigenvalue weighted by atomic mass is 10.1. The van der Waals surface area contributed by atoms with E-state index in [-0.39, 0.29) is 6.61 Å². The molecular formula is C15H25NO2S. The molecule has 4 heteroatoms. The molecule has 0 aliphatic heterocycles. The molecule has 0 bridgehead atoms. The monoisotopic (exact) mass is 283 g/mol. The van der Waals surface area contributed by atoms with Crippen LogP contribution in [-0.4, -0.2) is 36.9 Å². The van der Waals surface area contributed by atoms with Gasteiger partial charge in [-0.05, 0) is 43.2 Å². The number of nitrogens with one attached hydrogen (secondary N) is 1. The van der Waals surface area contributed by atoms with Crippen LogP contribution >= 0.6 is 11.8 Å². The van der Waals surface area contributed by atoms with Gasteiger partial charge < -0.3 is 15.2 Å². The summed E-state index contributed by atoms with van der Waals surface area (Å²) in [6.45, 7) is 5.21. The van der Waals surface area contributed by atoms with E-state index in [9.17, 15) is 0 Å². The Bertz CT molecular complexity index is 367. The molecule has 0 aliphatic rings. The molecular weight excluding hydrogens is 258 g/mol. The first-order valence-corrected chi connectivity index (χ1v) is 7.99. The summed E-state index contributed by atoms with van der Waals surface area (Å²) in [5.74, 6) is 1.99. The van der Waals surface area contributed by atoms with Crippen molar-refractivity contribution < 1.29 is 9.84 Å². The van der Waals surface area contributed by atoms with Crippen LogP contribution < -0.4 is 10.1 Å². The van der Waals surface area contributed by atoms with Crippen molar-refractivity contribution in [2.24, 2.45) is 0 Å². The first-order chi connectivity index (χ1) is 9.12. The second-order valence-electron chi connectivity index (χ2n) is 4.81. The van der Waals surface area contributed by atoms with Crippen molar-refractivity contribution in [1.82, 2.24) is 5.32 Å². The summed E-state index contributed by atoms with van der Waals surface area (Å²) in [6.07, 6.45) is 2.89. The van der Waals surface area contributed by atoms with Crippen LogP contribution in [0, 0.1) is 13.8 Å². The minimum Gasteiger partial charge on any atom is -0.496 e. The molecule has 1 unspecified atom stereocenters. The molecule has 1 aromatic carbocycles. The van der Waals surface area contributed by atoms with Gasteiger partial charge in [0.25, 0.3) is 0 Å². The topological polar surface area (TPSA) is 41.5 Å². The van der Waals surface area contributed by atoms with Gasteiger partial charge in [0.15, 0.2) is 0 Å². The molecule has 19 heavy (non-hydrogen) atoms. The van der Waals surface area contributed by atoms with Gasteiger partial charge in [-0.15, -0.1) is 0 Å². The van der Waals surface area contributed by atoms with Crippen LogP contribution in [0.4, 0.5) is 0 Å². The van der Waals surface area contributed by atoms with Crippen molar-refractivity contribution in [3.8, 4) is 5.75 Å². The number of aliphatic hydroxyl groups is 1. The molecule has 108 valence electrons. The molecule has 1 aromatic rings. The average Bonchev–Trinajstić information content (AvgIpc) is 2.36. The van der Waals surface area contributed by atoms with Gasteiger partial charge in [-0.25, -0.2) is 0 Å². The molecule has 0 aromatic heterocycles. The molecule has 0 saturated heterocycles. The maximum absolute atomic E-state index is 9.05. The van der Waals surface area contributed by atoms with Crippen LogP contribution in [-0.2, 0) is 6.54 Å². The normalized spacial score (nSPS) is 12.5. The highest BCUT2D eigenvalue weighted by molar-refractivity contribution is 7.98. The van der Waals surface area contributed by atoms with Crippen LogP contribution in [0.25, 0.3) is 0 Å². The van der Waals surface area contributed by atoms with Gasteiger partial charge in [0.1, 0.15) is 5.75 Å². The summed E-state index contributed by atoms with van der Waals surface area (Å²) < 4.78 is 5.38. The van der Waals surface area contributed by atoms with E-state index in [4.69, 9.17) is 9.84 Å². The third-order valence-electron chi connectivity index (χ3n) is 3.16. The first-order valence-electron chi connectivity index (χ1n) is 6.59. The van der Waals surface area contributed by atoms with Crippen LogP contribution in [0.3, 0.4) is 0 Å². The van der Waals surface area contributed by atoms with Crippen molar-refractivity contribution in [3.05, 3.63) is 28.8 Å². The fourth-order valence-corrected chi connectivity index (χ4v) is 3.01. The second-order valence-corrected chi connectivity index (χ2v) is 5.72. The second kappa shape index (κ2) is 8.46. The van der Waals surface area contributed by atoms with E-state index in [2.05, 4.69) is 37.6 Å². The third kappa shape index (κ3) is 5.05. The van der Waals surface area contributed by atoms with Gasteiger partial charge in [-0.1, -0.05) is 12.1 Å². The zero-order chi connectivity index (χ0) is 14.3. The van der Waals surface area contributed by atoms with E-state index in [0.29, 0.717) is 6.04 Å². The molecule has 1 atom stereocenters. The summed E-state index contributed by atoms with van der Waals surface area (Å²) in [5, 5.41) is 12.6. The molecule has 0 heterocycles. The predicted octanol–water partition coefficient (Wildman–Crippen LogP) is 2.52. The van der Waals surface area contributed by atoms with Crippen LogP contribution in [0.2, 0.25) is 0 Å². The van der Waals surface area contributed by atoms with E-state index >= 15 is 0 Å². The van der Waals surface area contributed by atoms with Gasteiger partial charge in [0.05, 0.1) is 7.11 Å². The Morgan fingerprint density at radius 3 is 2.42 bits per heavy atom. The number of ether oxygens (including phenoxy) is 1. The first kappa shape index (κ1) is 16.3. The highest BCUT2D eigenvalue weighted by atomic mass is 32.2. The van der Waals surface area contributed by atoms with Crippen molar-refractivity contribution in [2.75, 3.05) is 25.7 Å². The van der Waals surface area contributed by atoms with Gasteiger partial charge in [0, 0.05) is 24.9 Å². The zero-order valence-electron chi connectivity index (χ0n) is 12.3. The van der Waals surface area contributed by atoms with Crippen molar-refractivity contribution in [3.63, 3.8) is 0 Å². The molecule has 0 radical (unpaired) electrons. The van der Waals surface area contributed by atoms with Crippen LogP contribution in [0.15, 0.2) is 12.1 Å². The van der Waals surface area contributed by atoms with E-state index in [1.165, 1.54) is 16.7 Å². The molecule has 2 N–H and O–H groups in total. The Morgan fingerprint density at radius 2 is 1.95 bits per heavy atom. The number of thioether (sulfide) groups is 1. The lowest BCUT2D eigenvalue weighted by Gasteiger charge is -2.18. The van der Waals surface area contributed by atoms with Gasteiger partial charge >= 0.3 is 0 Å². The number of rotatable bonds is 8. The van der Waals surface area contributed by atoms with E-state index in [0.717, 1.165) is 24.5 Å². The fourth-order valence-electron chi connectivity index (χ4n) is 2.33. The highest BCUT2D eigenvalue weighted by Crippen LogP contribution is 2.24. The summed E-state index contributed by atoms with van der Waals surface area (Å²) >= 11 is 1.80. The number of methoxy groups -OCH3 is 1. The molecule has 0 spiro atoms. The summed E-state index contributed by atoms with van der Waals surface area (Å²) in [4.78, 5) is 0.